The number of Topliss-reactive ketones (excluding diaryl/α,β-unsaturated/α-hetero) is 1. The summed E-state index contributed by atoms with van der Waals surface area (Å²) in [6.45, 7) is 1.38. The monoisotopic (exact) mass is 260 g/mol. The SMILES string of the molecule is CN1CCCC(CC(=O)[O-])(C(=O)c2ccccc2)C1. The average molecular weight is 260 g/mol. The number of carbonyl (C=O) groups excluding carboxylic acids is 2. The van der Waals surface area contributed by atoms with Crippen LogP contribution in [-0.4, -0.2) is 36.8 Å². The topological polar surface area (TPSA) is 60.4 Å². The van der Waals surface area contributed by atoms with E-state index in [0.29, 0.717) is 18.5 Å². The van der Waals surface area contributed by atoms with Crippen LogP contribution in [-0.2, 0) is 4.79 Å². The first-order valence-electron chi connectivity index (χ1n) is 6.52. The standard InChI is InChI=1S/C15H19NO3/c1-16-9-5-8-15(11-16,10-13(17)18)14(19)12-6-3-2-4-7-12/h2-4,6-7H,5,8-11H2,1H3,(H,17,18)/p-1. The summed E-state index contributed by atoms with van der Waals surface area (Å²) >= 11 is 0. The predicted octanol–water partition coefficient (Wildman–Crippen LogP) is 0.721. The van der Waals surface area contributed by atoms with E-state index in [0.717, 1.165) is 13.0 Å². The Hall–Kier alpha value is -1.68. The van der Waals surface area contributed by atoms with E-state index in [1.807, 2.05) is 18.0 Å². The van der Waals surface area contributed by atoms with Crippen LogP contribution in [0.4, 0.5) is 0 Å². The number of hydrogen-bond acceptors (Lipinski definition) is 4. The van der Waals surface area contributed by atoms with Gasteiger partial charge in [0.25, 0.3) is 0 Å². The number of carboxylic acids is 1. The number of likely N-dealkylation sites (tertiary alicyclic amines) is 1. The number of ketones is 1. The van der Waals surface area contributed by atoms with Gasteiger partial charge in [-0.25, -0.2) is 0 Å². The third-order valence-corrected chi connectivity index (χ3v) is 3.77. The zero-order chi connectivity index (χ0) is 13.9. The van der Waals surface area contributed by atoms with Gasteiger partial charge in [-0.15, -0.1) is 0 Å². The fourth-order valence-electron chi connectivity index (χ4n) is 2.94. The quantitative estimate of drug-likeness (QED) is 0.748. The molecular formula is C15H18NO3-. The summed E-state index contributed by atoms with van der Waals surface area (Å²) in [7, 11) is 1.92. The van der Waals surface area contributed by atoms with Crippen molar-refractivity contribution in [2.24, 2.45) is 5.41 Å². The highest BCUT2D eigenvalue weighted by Gasteiger charge is 2.41. The van der Waals surface area contributed by atoms with Crippen molar-refractivity contribution < 1.29 is 14.7 Å². The summed E-state index contributed by atoms with van der Waals surface area (Å²) in [4.78, 5) is 25.7. The Kier molecular flexibility index (Phi) is 4.00. The lowest BCUT2D eigenvalue weighted by Gasteiger charge is -2.40. The predicted molar refractivity (Wildman–Crippen MR) is 69.6 cm³/mol. The number of rotatable bonds is 4. The molecule has 0 amide bonds. The first-order chi connectivity index (χ1) is 9.03. The molecule has 1 aromatic carbocycles. The third kappa shape index (κ3) is 3.01. The molecule has 19 heavy (non-hydrogen) atoms. The van der Waals surface area contributed by atoms with Crippen LogP contribution in [0.1, 0.15) is 29.6 Å². The Bertz CT molecular complexity index is 472. The van der Waals surface area contributed by atoms with Crippen molar-refractivity contribution >= 4 is 11.8 Å². The number of aliphatic carboxylic acids is 1. The highest BCUT2D eigenvalue weighted by Crippen LogP contribution is 2.36. The minimum atomic E-state index is -1.15. The molecule has 1 aliphatic heterocycles. The summed E-state index contributed by atoms with van der Waals surface area (Å²) in [5.74, 6) is -1.23. The lowest BCUT2D eigenvalue weighted by molar-refractivity contribution is -0.308. The van der Waals surface area contributed by atoms with Gasteiger partial charge in [0.1, 0.15) is 0 Å². The fourth-order valence-corrected chi connectivity index (χ4v) is 2.94. The van der Waals surface area contributed by atoms with Crippen molar-refractivity contribution in [3.8, 4) is 0 Å². The van der Waals surface area contributed by atoms with Crippen molar-refractivity contribution in [1.82, 2.24) is 4.90 Å². The maximum absolute atomic E-state index is 12.7. The Labute approximate surface area is 113 Å². The Balaban J connectivity index is 2.32. The Morgan fingerprint density at radius 3 is 2.58 bits per heavy atom. The van der Waals surface area contributed by atoms with Crippen molar-refractivity contribution in [1.29, 1.82) is 0 Å². The maximum atomic E-state index is 12.7. The van der Waals surface area contributed by atoms with Gasteiger partial charge in [-0.05, 0) is 26.4 Å². The minimum absolute atomic E-state index is 0.0798. The third-order valence-electron chi connectivity index (χ3n) is 3.77. The summed E-state index contributed by atoms with van der Waals surface area (Å²) in [6.07, 6.45) is 1.24. The second-order valence-corrected chi connectivity index (χ2v) is 5.37. The van der Waals surface area contributed by atoms with Crippen LogP contribution in [0.2, 0.25) is 0 Å². The Morgan fingerprint density at radius 1 is 1.32 bits per heavy atom. The molecule has 0 radical (unpaired) electrons. The first-order valence-corrected chi connectivity index (χ1v) is 6.52. The van der Waals surface area contributed by atoms with Crippen molar-refractivity contribution in [3.05, 3.63) is 35.9 Å². The molecule has 2 rings (SSSR count). The summed E-state index contributed by atoms with van der Waals surface area (Å²) in [6, 6.07) is 8.93. The van der Waals surface area contributed by atoms with Crippen LogP contribution < -0.4 is 5.11 Å². The molecule has 1 saturated heterocycles. The van der Waals surface area contributed by atoms with Gasteiger partial charge in [0.2, 0.25) is 0 Å². The minimum Gasteiger partial charge on any atom is -0.550 e. The molecule has 1 heterocycles. The van der Waals surface area contributed by atoms with Crippen molar-refractivity contribution in [3.63, 3.8) is 0 Å². The van der Waals surface area contributed by atoms with Gasteiger partial charge >= 0.3 is 0 Å². The number of nitrogens with zero attached hydrogens (tertiary/aromatic N) is 1. The first kappa shape index (κ1) is 13.7. The largest absolute Gasteiger partial charge is 0.550 e. The second-order valence-electron chi connectivity index (χ2n) is 5.37. The molecule has 1 atom stereocenters. The van der Waals surface area contributed by atoms with Crippen LogP contribution in [0.3, 0.4) is 0 Å². The van der Waals surface area contributed by atoms with Crippen LogP contribution in [0.25, 0.3) is 0 Å². The van der Waals surface area contributed by atoms with E-state index < -0.39 is 11.4 Å². The van der Waals surface area contributed by atoms with E-state index in [-0.39, 0.29) is 12.2 Å². The van der Waals surface area contributed by atoms with Gasteiger partial charge in [-0.1, -0.05) is 30.3 Å². The molecule has 0 N–H and O–H groups in total. The highest BCUT2D eigenvalue weighted by atomic mass is 16.4. The zero-order valence-electron chi connectivity index (χ0n) is 11.1. The summed E-state index contributed by atoms with van der Waals surface area (Å²) in [5, 5.41) is 11.0. The average Bonchev–Trinajstić information content (AvgIpc) is 2.38. The Morgan fingerprint density at radius 2 is 2.00 bits per heavy atom. The molecule has 0 aliphatic carbocycles. The van der Waals surface area contributed by atoms with Crippen LogP contribution in [0.5, 0.6) is 0 Å². The van der Waals surface area contributed by atoms with Gasteiger partial charge in [0.05, 0.1) is 5.41 Å². The molecule has 0 bridgehead atoms. The van der Waals surface area contributed by atoms with Crippen LogP contribution in [0.15, 0.2) is 30.3 Å². The number of hydrogen-bond donors (Lipinski definition) is 0. The molecule has 4 heteroatoms. The van der Waals surface area contributed by atoms with E-state index in [9.17, 15) is 14.7 Å². The lowest BCUT2D eigenvalue weighted by Crippen LogP contribution is -2.49. The normalized spacial score (nSPS) is 24.1. The van der Waals surface area contributed by atoms with E-state index in [4.69, 9.17) is 0 Å². The van der Waals surface area contributed by atoms with Crippen molar-refractivity contribution in [2.45, 2.75) is 19.3 Å². The number of carbonyl (C=O) groups is 2. The molecular weight excluding hydrogens is 242 g/mol. The summed E-state index contributed by atoms with van der Waals surface area (Å²) in [5.41, 5.74) is -0.258. The van der Waals surface area contributed by atoms with Crippen LogP contribution in [0, 0.1) is 5.41 Å². The molecule has 0 spiro atoms. The van der Waals surface area contributed by atoms with Gasteiger partial charge in [-0.3, -0.25) is 4.79 Å². The fraction of sp³-hybridized carbons (Fsp3) is 0.467. The van der Waals surface area contributed by atoms with Crippen molar-refractivity contribution in [2.75, 3.05) is 20.1 Å². The second kappa shape index (κ2) is 5.53. The molecule has 1 unspecified atom stereocenters. The molecule has 0 aromatic heterocycles. The lowest BCUT2D eigenvalue weighted by atomic mass is 9.72. The zero-order valence-corrected chi connectivity index (χ0v) is 11.1. The number of piperidine rings is 1. The number of carboxylic acid groups (broad SMARTS) is 1. The van der Waals surface area contributed by atoms with E-state index in [1.165, 1.54) is 0 Å². The molecule has 1 aliphatic rings. The van der Waals surface area contributed by atoms with Gasteiger partial charge in [0.15, 0.2) is 5.78 Å². The molecule has 0 saturated carbocycles. The maximum Gasteiger partial charge on any atom is 0.170 e. The molecule has 4 nitrogen and oxygen atoms in total. The highest BCUT2D eigenvalue weighted by molar-refractivity contribution is 6.02. The smallest absolute Gasteiger partial charge is 0.170 e. The van der Waals surface area contributed by atoms with Crippen LogP contribution >= 0.6 is 0 Å². The molecule has 1 fully saturated rings. The summed E-state index contributed by atoms with van der Waals surface area (Å²) < 4.78 is 0. The number of benzene rings is 1. The molecule has 1 aromatic rings. The van der Waals surface area contributed by atoms with E-state index in [2.05, 4.69) is 0 Å². The van der Waals surface area contributed by atoms with E-state index in [1.54, 1.807) is 24.3 Å². The van der Waals surface area contributed by atoms with Gasteiger partial charge < -0.3 is 14.8 Å². The van der Waals surface area contributed by atoms with Gasteiger partial charge in [0, 0.05) is 24.5 Å². The van der Waals surface area contributed by atoms with E-state index >= 15 is 0 Å². The molecule has 102 valence electrons. The van der Waals surface area contributed by atoms with Gasteiger partial charge in [-0.2, -0.15) is 0 Å².